The third-order valence-electron chi connectivity index (χ3n) is 4.02. The van der Waals surface area contributed by atoms with Gasteiger partial charge in [0, 0.05) is 26.3 Å². The van der Waals surface area contributed by atoms with Crippen LogP contribution in [-0.2, 0) is 13.2 Å². The fraction of sp³-hybridized carbons (Fsp3) is 0.467. The van der Waals surface area contributed by atoms with E-state index in [4.69, 9.17) is 5.73 Å². The SMILES string of the molecule is Cn1cc(Nc2nc(N3CCCCC3)cnc2C(N)=O)c(C(F)(F)F)n1. The predicted molar refractivity (Wildman–Crippen MR) is 88.1 cm³/mol. The maximum Gasteiger partial charge on any atom is 0.437 e. The minimum Gasteiger partial charge on any atom is -0.364 e. The molecular weight excluding hydrogens is 351 g/mol. The number of hydrogen-bond acceptors (Lipinski definition) is 6. The molecule has 8 nitrogen and oxygen atoms in total. The molecule has 3 rings (SSSR count). The lowest BCUT2D eigenvalue weighted by Gasteiger charge is -2.27. The Hall–Kier alpha value is -2.85. The van der Waals surface area contributed by atoms with Crippen LogP contribution in [0.2, 0.25) is 0 Å². The molecule has 0 saturated carbocycles. The number of carbonyl (C=O) groups is 1. The van der Waals surface area contributed by atoms with Crippen molar-refractivity contribution in [1.29, 1.82) is 0 Å². The summed E-state index contributed by atoms with van der Waals surface area (Å²) in [6.07, 6.45) is 0.993. The molecule has 0 spiro atoms. The summed E-state index contributed by atoms with van der Waals surface area (Å²) in [5, 5.41) is 5.94. The zero-order valence-electron chi connectivity index (χ0n) is 14.0. The van der Waals surface area contributed by atoms with E-state index in [0.717, 1.165) is 43.2 Å². The van der Waals surface area contributed by atoms with Crippen molar-refractivity contribution in [1.82, 2.24) is 19.7 Å². The monoisotopic (exact) mass is 369 g/mol. The summed E-state index contributed by atoms with van der Waals surface area (Å²) >= 11 is 0. The van der Waals surface area contributed by atoms with Gasteiger partial charge in [-0.05, 0) is 19.3 Å². The Morgan fingerprint density at radius 3 is 2.58 bits per heavy atom. The molecule has 1 aliphatic heterocycles. The fourth-order valence-electron chi connectivity index (χ4n) is 2.84. The summed E-state index contributed by atoms with van der Waals surface area (Å²) in [7, 11) is 1.37. The molecular formula is C15H18F3N7O. The number of alkyl halides is 3. The van der Waals surface area contributed by atoms with Crippen LogP contribution < -0.4 is 16.0 Å². The van der Waals surface area contributed by atoms with Crippen LogP contribution in [0, 0.1) is 0 Å². The molecule has 11 heteroatoms. The molecule has 3 heterocycles. The first-order chi connectivity index (χ1) is 12.3. The summed E-state index contributed by atoms with van der Waals surface area (Å²) in [6.45, 7) is 1.54. The lowest BCUT2D eigenvalue weighted by Crippen LogP contribution is -2.31. The van der Waals surface area contributed by atoms with Crippen molar-refractivity contribution in [3.05, 3.63) is 23.8 Å². The van der Waals surface area contributed by atoms with Crippen LogP contribution in [0.25, 0.3) is 0 Å². The second-order valence-corrected chi connectivity index (χ2v) is 6.03. The van der Waals surface area contributed by atoms with Crippen LogP contribution in [-0.4, -0.2) is 38.7 Å². The predicted octanol–water partition coefficient (Wildman–Crippen LogP) is 2.06. The van der Waals surface area contributed by atoms with Crippen LogP contribution >= 0.6 is 0 Å². The number of amides is 1. The first-order valence-electron chi connectivity index (χ1n) is 8.05. The summed E-state index contributed by atoms with van der Waals surface area (Å²) in [6, 6.07) is 0. The van der Waals surface area contributed by atoms with Gasteiger partial charge in [0.1, 0.15) is 5.82 Å². The van der Waals surface area contributed by atoms with E-state index in [9.17, 15) is 18.0 Å². The van der Waals surface area contributed by atoms with E-state index < -0.39 is 17.8 Å². The van der Waals surface area contributed by atoms with Gasteiger partial charge in [-0.3, -0.25) is 9.48 Å². The highest BCUT2D eigenvalue weighted by molar-refractivity contribution is 5.96. The van der Waals surface area contributed by atoms with Crippen LogP contribution in [0.4, 0.5) is 30.5 Å². The Balaban J connectivity index is 1.99. The van der Waals surface area contributed by atoms with Gasteiger partial charge in [-0.25, -0.2) is 9.97 Å². The molecule has 26 heavy (non-hydrogen) atoms. The number of aryl methyl sites for hydroxylation is 1. The van der Waals surface area contributed by atoms with Gasteiger partial charge in [0.2, 0.25) is 0 Å². The van der Waals surface area contributed by atoms with E-state index in [2.05, 4.69) is 20.4 Å². The molecule has 2 aromatic heterocycles. The zero-order chi connectivity index (χ0) is 18.9. The number of nitrogens with two attached hydrogens (primary N) is 1. The number of halogens is 3. The van der Waals surface area contributed by atoms with Crippen molar-refractivity contribution in [2.45, 2.75) is 25.4 Å². The third kappa shape index (κ3) is 3.70. The number of nitrogens with one attached hydrogen (secondary N) is 1. The summed E-state index contributed by atoms with van der Waals surface area (Å²) in [4.78, 5) is 21.9. The topological polar surface area (TPSA) is 102 Å². The van der Waals surface area contributed by atoms with E-state index >= 15 is 0 Å². The maximum absolute atomic E-state index is 13.1. The molecule has 3 N–H and O–H groups in total. The van der Waals surface area contributed by atoms with E-state index in [0.29, 0.717) is 5.82 Å². The van der Waals surface area contributed by atoms with E-state index in [-0.39, 0.29) is 17.2 Å². The Bertz CT molecular complexity index is 812. The molecule has 0 radical (unpaired) electrons. The minimum absolute atomic E-state index is 0.126. The summed E-state index contributed by atoms with van der Waals surface area (Å²) in [5.74, 6) is -0.531. The molecule has 140 valence electrons. The van der Waals surface area contributed by atoms with Crippen molar-refractivity contribution in [3.8, 4) is 0 Å². The second-order valence-electron chi connectivity index (χ2n) is 6.03. The van der Waals surface area contributed by atoms with Gasteiger partial charge in [0.25, 0.3) is 5.91 Å². The summed E-state index contributed by atoms with van der Waals surface area (Å²) < 4.78 is 40.5. The van der Waals surface area contributed by atoms with Gasteiger partial charge in [-0.15, -0.1) is 0 Å². The second kappa shape index (κ2) is 6.81. The average Bonchev–Trinajstić information content (AvgIpc) is 2.96. The van der Waals surface area contributed by atoms with Crippen molar-refractivity contribution < 1.29 is 18.0 Å². The van der Waals surface area contributed by atoms with E-state index in [1.807, 2.05) is 4.90 Å². The fourth-order valence-corrected chi connectivity index (χ4v) is 2.84. The van der Waals surface area contributed by atoms with Crippen molar-refractivity contribution in [2.24, 2.45) is 12.8 Å². The molecule has 0 aromatic carbocycles. The number of carbonyl (C=O) groups excluding carboxylic acids is 1. The largest absolute Gasteiger partial charge is 0.437 e. The van der Waals surface area contributed by atoms with Crippen molar-refractivity contribution >= 4 is 23.2 Å². The van der Waals surface area contributed by atoms with Gasteiger partial charge < -0.3 is 16.0 Å². The third-order valence-corrected chi connectivity index (χ3v) is 4.02. The minimum atomic E-state index is -4.66. The quantitative estimate of drug-likeness (QED) is 0.855. The highest BCUT2D eigenvalue weighted by Gasteiger charge is 2.37. The van der Waals surface area contributed by atoms with Gasteiger partial charge in [-0.2, -0.15) is 18.3 Å². The highest BCUT2D eigenvalue weighted by atomic mass is 19.4. The molecule has 1 amide bonds. The maximum atomic E-state index is 13.1. The number of anilines is 3. The number of aromatic nitrogens is 4. The standard InChI is InChI=1S/C15H18F3N7O/c1-24-8-9(12(23-24)15(16,17)18)21-14-11(13(19)26)20-7-10(22-14)25-5-3-2-4-6-25/h7-8H,2-6H2,1H3,(H2,19,26)(H,21,22). The van der Waals surface area contributed by atoms with Crippen LogP contribution in [0.1, 0.15) is 35.4 Å². The number of hydrogen-bond donors (Lipinski definition) is 2. The number of nitrogens with zero attached hydrogens (tertiary/aromatic N) is 5. The van der Waals surface area contributed by atoms with Crippen LogP contribution in [0.5, 0.6) is 0 Å². The molecule has 1 saturated heterocycles. The number of rotatable bonds is 4. The molecule has 0 atom stereocenters. The molecule has 1 fully saturated rings. The Morgan fingerprint density at radius 2 is 1.96 bits per heavy atom. The van der Waals surface area contributed by atoms with Gasteiger partial charge >= 0.3 is 6.18 Å². The summed E-state index contributed by atoms with van der Waals surface area (Å²) in [5.41, 5.74) is 3.62. The highest BCUT2D eigenvalue weighted by Crippen LogP contribution is 2.35. The lowest BCUT2D eigenvalue weighted by molar-refractivity contribution is -0.140. The molecule has 2 aromatic rings. The van der Waals surface area contributed by atoms with Gasteiger partial charge in [0.15, 0.2) is 17.2 Å². The van der Waals surface area contributed by atoms with E-state index in [1.165, 1.54) is 13.2 Å². The number of primary amides is 1. The lowest BCUT2D eigenvalue weighted by atomic mass is 10.1. The Morgan fingerprint density at radius 1 is 1.27 bits per heavy atom. The van der Waals surface area contributed by atoms with E-state index in [1.54, 1.807) is 0 Å². The first kappa shape index (κ1) is 18.0. The number of piperidine rings is 1. The first-order valence-corrected chi connectivity index (χ1v) is 8.05. The van der Waals surface area contributed by atoms with Crippen LogP contribution in [0.15, 0.2) is 12.4 Å². The Kier molecular flexibility index (Phi) is 4.70. The van der Waals surface area contributed by atoms with Crippen molar-refractivity contribution in [2.75, 3.05) is 23.3 Å². The zero-order valence-corrected chi connectivity index (χ0v) is 14.0. The van der Waals surface area contributed by atoms with Crippen molar-refractivity contribution in [3.63, 3.8) is 0 Å². The van der Waals surface area contributed by atoms with Crippen LogP contribution in [0.3, 0.4) is 0 Å². The Labute approximate surface area is 147 Å². The molecule has 0 bridgehead atoms. The molecule has 1 aliphatic rings. The normalized spacial score (nSPS) is 15.2. The molecule has 0 aliphatic carbocycles. The average molecular weight is 369 g/mol. The van der Waals surface area contributed by atoms with Gasteiger partial charge in [0.05, 0.1) is 11.9 Å². The smallest absolute Gasteiger partial charge is 0.364 e. The molecule has 0 unspecified atom stereocenters. The van der Waals surface area contributed by atoms with Gasteiger partial charge in [-0.1, -0.05) is 0 Å².